The lowest BCUT2D eigenvalue weighted by molar-refractivity contribution is -0.0507. The van der Waals surface area contributed by atoms with Crippen LogP contribution in [0.5, 0.6) is 5.75 Å². The molecule has 0 spiro atoms. The molecule has 0 bridgehead atoms. The Labute approximate surface area is 162 Å². The van der Waals surface area contributed by atoms with Crippen LogP contribution in [0.1, 0.15) is 49.8 Å². The van der Waals surface area contributed by atoms with E-state index in [0.29, 0.717) is 19.3 Å². The van der Waals surface area contributed by atoms with Crippen LogP contribution in [-0.4, -0.2) is 45.0 Å². The second-order valence-electron chi connectivity index (χ2n) is 7.82. The molecular weight excluding hydrogens is 338 g/mol. The smallest absolute Gasteiger partial charge is 0.115 e. The summed E-state index contributed by atoms with van der Waals surface area (Å²) in [6, 6.07) is 17.0. The van der Waals surface area contributed by atoms with E-state index in [-0.39, 0.29) is 11.8 Å². The first kappa shape index (κ1) is 19.9. The Balaban J connectivity index is 1.65. The number of hydrogen-bond acceptors (Lipinski definition) is 4. The van der Waals surface area contributed by atoms with Crippen LogP contribution in [0.4, 0.5) is 0 Å². The standard InChI is InChI=1S/C23H31NO3/c1-2-6-21(22(26)19-9-11-20(25)12-10-19)24-15-13-23(27,14-16-24)17-18-7-4-3-5-8-18/h3-5,7-12,21-22,25-27H,2,6,13-17H2,1H3/t21-,22+/m0/s1. The van der Waals surface area contributed by atoms with Crippen molar-refractivity contribution in [2.45, 2.75) is 56.8 Å². The molecule has 0 saturated carbocycles. The molecule has 0 aliphatic carbocycles. The Morgan fingerprint density at radius 3 is 2.22 bits per heavy atom. The highest BCUT2D eigenvalue weighted by molar-refractivity contribution is 5.28. The van der Waals surface area contributed by atoms with Gasteiger partial charge >= 0.3 is 0 Å². The van der Waals surface area contributed by atoms with Crippen LogP contribution < -0.4 is 0 Å². The fraction of sp³-hybridized carbons (Fsp3) is 0.478. The molecule has 2 atom stereocenters. The summed E-state index contributed by atoms with van der Waals surface area (Å²) < 4.78 is 0. The topological polar surface area (TPSA) is 63.9 Å². The first-order valence-electron chi connectivity index (χ1n) is 9.98. The highest BCUT2D eigenvalue weighted by Crippen LogP contribution is 2.32. The maximum absolute atomic E-state index is 11.0. The van der Waals surface area contributed by atoms with E-state index < -0.39 is 11.7 Å². The van der Waals surface area contributed by atoms with Gasteiger partial charge in [-0.2, -0.15) is 0 Å². The quantitative estimate of drug-likeness (QED) is 0.697. The van der Waals surface area contributed by atoms with Crippen molar-refractivity contribution in [2.24, 2.45) is 0 Å². The Kier molecular flexibility index (Phi) is 6.53. The number of rotatable bonds is 7. The molecule has 1 heterocycles. The molecule has 146 valence electrons. The third-order valence-electron chi connectivity index (χ3n) is 5.76. The molecule has 1 fully saturated rings. The maximum Gasteiger partial charge on any atom is 0.115 e. The van der Waals surface area contributed by atoms with Crippen molar-refractivity contribution in [3.8, 4) is 5.75 Å². The van der Waals surface area contributed by atoms with Gasteiger partial charge in [0.2, 0.25) is 0 Å². The van der Waals surface area contributed by atoms with Crippen molar-refractivity contribution in [3.05, 3.63) is 65.7 Å². The van der Waals surface area contributed by atoms with E-state index in [2.05, 4.69) is 24.0 Å². The van der Waals surface area contributed by atoms with Gasteiger partial charge in [0.15, 0.2) is 0 Å². The molecule has 1 aliphatic rings. The zero-order valence-electron chi connectivity index (χ0n) is 16.1. The SMILES string of the molecule is CCC[C@@H]([C@H](O)c1ccc(O)cc1)N1CCC(O)(Cc2ccccc2)CC1. The average molecular weight is 370 g/mol. The molecule has 0 amide bonds. The number of piperidine rings is 1. The van der Waals surface area contributed by atoms with Crippen LogP contribution in [0.3, 0.4) is 0 Å². The van der Waals surface area contributed by atoms with Gasteiger partial charge in [0, 0.05) is 25.6 Å². The summed E-state index contributed by atoms with van der Waals surface area (Å²) in [5, 5.41) is 31.4. The number of hydrogen-bond donors (Lipinski definition) is 3. The lowest BCUT2D eigenvalue weighted by Crippen LogP contribution is -2.50. The van der Waals surface area contributed by atoms with Gasteiger partial charge in [-0.1, -0.05) is 55.8 Å². The van der Waals surface area contributed by atoms with E-state index >= 15 is 0 Å². The second kappa shape index (κ2) is 8.87. The highest BCUT2D eigenvalue weighted by atomic mass is 16.3. The number of aliphatic hydroxyl groups excluding tert-OH is 1. The van der Waals surface area contributed by atoms with E-state index in [9.17, 15) is 15.3 Å². The van der Waals surface area contributed by atoms with Crippen molar-refractivity contribution < 1.29 is 15.3 Å². The number of likely N-dealkylation sites (tertiary alicyclic amines) is 1. The van der Waals surface area contributed by atoms with Crippen molar-refractivity contribution in [3.63, 3.8) is 0 Å². The maximum atomic E-state index is 11.0. The van der Waals surface area contributed by atoms with E-state index in [1.807, 2.05) is 18.2 Å². The monoisotopic (exact) mass is 369 g/mol. The lowest BCUT2D eigenvalue weighted by Gasteiger charge is -2.43. The summed E-state index contributed by atoms with van der Waals surface area (Å²) in [5.41, 5.74) is 1.33. The zero-order chi connectivity index (χ0) is 19.3. The first-order valence-corrected chi connectivity index (χ1v) is 9.98. The summed E-state index contributed by atoms with van der Waals surface area (Å²) in [7, 11) is 0. The van der Waals surface area contributed by atoms with Gasteiger partial charge in [-0.15, -0.1) is 0 Å². The summed E-state index contributed by atoms with van der Waals surface area (Å²) >= 11 is 0. The summed E-state index contributed by atoms with van der Waals surface area (Å²) in [5.74, 6) is 0.210. The van der Waals surface area contributed by atoms with Crippen LogP contribution in [0.15, 0.2) is 54.6 Å². The van der Waals surface area contributed by atoms with Gasteiger partial charge < -0.3 is 15.3 Å². The molecule has 3 rings (SSSR count). The molecule has 4 heteroatoms. The minimum absolute atomic E-state index is 0.0285. The van der Waals surface area contributed by atoms with E-state index in [1.165, 1.54) is 5.56 Å². The number of nitrogens with zero attached hydrogens (tertiary/aromatic N) is 1. The van der Waals surface area contributed by atoms with Crippen molar-refractivity contribution >= 4 is 0 Å². The van der Waals surface area contributed by atoms with Crippen LogP contribution >= 0.6 is 0 Å². The molecule has 1 saturated heterocycles. The van der Waals surface area contributed by atoms with Gasteiger partial charge in [0.1, 0.15) is 5.75 Å². The number of aromatic hydroxyl groups is 1. The normalized spacial score (nSPS) is 19.5. The van der Waals surface area contributed by atoms with Crippen LogP contribution in [0.2, 0.25) is 0 Å². The predicted octanol–water partition coefficient (Wildman–Crippen LogP) is 3.66. The lowest BCUT2D eigenvalue weighted by atomic mass is 9.84. The molecule has 0 aromatic heterocycles. The van der Waals surface area contributed by atoms with Crippen LogP contribution in [0, 0.1) is 0 Å². The minimum Gasteiger partial charge on any atom is -0.508 e. The van der Waals surface area contributed by atoms with E-state index in [4.69, 9.17) is 0 Å². The van der Waals surface area contributed by atoms with Crippen molar-refractivity contribution in [2.75, 3.05) is 13.1 Å². The summed E-state index contributed by atoms with van der Waals surface area (Å²) in [4.78, 5) is 2.32. The number of benzene rings is 2. The Hall–Kier alpha value is -1.88. The van der Waals surface area contributed by atoms with E-state index in [1.54, 1.807) is 24.3 Å². The fourth-order valence-corrected chi connectivity index (χ4v) is 4.15. The molecule has 1 aliphatic heterocycles. The predicted molar refractivity (Wildman–Crippen MR) is 108 cm³/mol. The Morgan fingerprint density at radius 1 is 1.00 bits per heavy atom. The molecule has 27 heavy (non-hydrogen) atoms. The average Bonchev–Trinajstić information content (AvgIpc) is 2.68. The molecule has 4 nitrogen and oxygen atoms in total. The summed E-state index contributed by atoms with van der Waals surface area (Å²) in [6.07, 6.45) is 3.41. The third-order valence-corrected chi connectivity index (χ3v) is 5.76. The highest BCUT2D eigenvalue weighted by Gasteiger charge is 2.36. The van der Waals surface area contributed by atoms with E-state index in [0.717, 1.165) is 31.5 Å². The van der Waals surface area contributed by atoms with Gasteiger partial charge in [-0.3, -0.25) is 4.90 Å². The van der Waals surface area contributed by atoms with Crippen LogP contribution in [0.25, 0.3) is 0 Å². The number of phenolic OH excluding ortho intramolecular Hbond substituents is 1. The molecule has 2 aromatic carbocycles. The Bertz CT molecular complexity index is 693. The molecule has 2 aromatic rings. The Morgan fingerprint density at radius 2 is 1.63 bits per heavy atom. The largest absolute Gasteiger partial charge is 0.508 e. The van der Waals surface area contributed by atoms with Crippen molar-refractivity contribution in [1.29, 1.82) is 0 Å². The molecule has 0 unspecified atom stereocenters. The first-order chi connectivity index (χ1) is 13.0. The number of aliphatic hydroxyl groups is 2. The van der Waals surface area contributed by atoms with Gasteiger partial charge in [0.25, 0.3) is 0 Å². The molecule has 0 radical (unpaired) electrons. The second-order valence-corrected chi connectivity index (χ2v) is 7.82. The molecular formula is C23H31NO3. The third kappa shape index (κ3) is 5.10. The van der Waals surface area contributed by atoms with Gasteiger partial charge in [-0.05, 0) is 42.5 Å². The number of phenols is 1. The van der Waals surface area contributed by atoms with Gasteiger partial charge in [-0.25, -0.2) is 0 Å². The fourth-order valence-electron chi connectivity index (χ4n) is 4.15. The minimum atomic E-state index is -0.669. The van der Waals surface area contributed by atoms with Crippen LogP contribution in [-0.2, 0) is 6.42 Å². The van der Waals surface area contributed by atoms with Gasteiger partial charge in [0.05, 0.1) is 11.7 Å². The molecule has 3 N–H and O–H groups in total. The zero-order valence-corrected chi connectivity index (χ0v) is 16.1. The van der Waals surface area contributed by atoms with Crippen molar-refractivity contribution in [1.82, 2.24) is 4.90 Å². The summed E-state index contributed by atoms with van der Waals surface area (Å²) in [6.45, 7) is 3.69.